The summed E-state index contributed by atoms with van der Waals surface area (Å²) < 4.78 is 5.51. The molecule has 0 rings (SSSR count). The summed E-state index contributed by atoms with van der Waals surface area (Å²) in [6, 6.07) is -0.540. The Kier molecular flexibility index (Phi) is 65.9. The molecule has 0 radical (unpaired) electrons. The molecule has 0 aromatic heterocycles. The maximum Gasteiger partial charge on any atom is 0.305 e. The molecule has 0 bridgehead atoms. The molecule has 458 valence electrons. The number of aliphatic hydroxyl groups excluding tert-OH is 2. The normalized spacial score (nSPS) is 12.5. The maximum absolute atomic E-state index is 12.5. The first-order valence-corrected chi connectivity index (χ1v) is 35.4. The number of hydrogen-bond acceptors (Lipinski definition) is 5. The molecule has 6 heteroatoms. The van der Waals surface area contributed by atoms with Crippen molar-refractivity contribution in [1.29, 1.82) is 0 Å². The third kappa shape index (κ3) is 63.6. The standard InChI is InChI=1S/C71H139NO5/c1-3-5-7-9-11-13-15-17-19-20-34-37-41-45-49-53-57-61-65-71(76)77-66-62-58-54-50-46-42-38-35-32-30-28-26-24-22-21-23-25-27-29-31-33-36-40-44-48-52-56-60-64-70(75)72-68(67-73)69(74)63-59-55-51-47-43-39-18-16-14-12-10-8-6-4-2/h21-22,68-69,73-74H,3-20,23-67H2,1-2H3,(H,72,75)/b22-21-. The minimum absolute atomic E-state index is 0.0212. The first-order chi connectivity index (χ1) is 38.0. The molecule has 77 heavy (non-hydrogen) atoms. The molecule has 0 heterocycles. The molecule has 0 fully saturated rings. The highest BCUT2D eigenvalue weighted by Gasteiger charge is 2.20. The summed E-state index contributed by atoms with van der Waals surface area (Å²) in [5.74, 6) is -0.0109. The molecule has 0 saturated carbocycles. The van der Waals surface area contributed by atoms with Gasteiger partial charge >= 0.3 is 5.97 Å². The molecule has 0 aromatic carbocycles. The Morgan fingerprint density at radius 1 is 0.351 bits per heavy atom. The minimum Gasteiger partial charge on any atom is -0.466 e. The van der Waals surface area contributed by atoms with Crippen molar-refractivity contribution < 1.29 is 24.5 Å². The van der Waals surface area contributed by atoms with Gasteiger partial charge in [-0.3, -0.25) is 9.59 Å². The Hall–Kier alpha value is -1.40. The lowest BCUT2D eigenvalue weighted by molar-refractivity contribution is -0.143. The van der Waals surface area contributed by atoms with Gasteiger partial charge in [0.25, 0.3) is 0 Å². The molecular weight excluding hydrogens is 947 g/mol. The number of allylic oxidation sites excluding steroid dienone is 2. The Morgan fingerprint density at radius 3 is 0.922 bits per heavy atom. The Labute approximate surface area is 482 Å². The first-order valence-electron chi connectivity index (χ1n) is 35.4. The number of hydrogen-bond donors (Lipinski definition) is 3. The van der Waals surface area contributed by atoms with Crippen molar-refractivity contribution in [1.82, 2.24) is 5.32 Å². The summed E-state index contributed by atoms with van der Waals surface area (Å²) in [6.45, 7) is 4.99. The van der Waals surface area contributed by atoms with Gasteiger partial charge < -0.3 is 20.3 Å². The van der Waals surface area contributed by atoms with E-state index in [9.17, 15) is 19.8 Å². The third-order valence-corrected chi connectivity index (χ3v) is 16.8. The van der Waals surface area contributed by atoms with Crippen molar-refractivity contribution in [3.8, 4) is 0 Å². The Morgan fingerprint density at radius 2 is 0.610 bits per heavy atom. The fraction of sp³-hybridized carbons (Fsp3) is 0.944. The van der Waals surface area contributed by atoms with Crippen LogP contribution in [-0.2, 0) is 14.3 Å². The minimum atomic E-state index is -0.663. The molecule has 2 unspecified atom stereocenters. The lowest BCUT2D eigenvalue weighted by Gasteiger charge is -2.22. The zero-order valence-electron chi connectivity index (χ0n) is 52.5. The predicted molar refractivity (Wildman–Crippen MR) is 338 cm³/mol. The number of esters is 1. The van der Waals surface area contributed by atoms with Gasteiger partial charge in [-0.2, -0.15) is 0 Å². The summed E-state index contributed by atoms with van der Waals surface area (Å²) in [5, 5.41) is 23.3. The summed E-state index contributed by atoms with van der Waals surface area (Å²) in [5.41, 5.74) is 0. The molecular formula is C71H139NO5. The topological polar surface area (TPSA) is 95.9 Å². The Balaban J connectivity index is 3.34. The van der Waals surface area contributed by atoms with E-state index in [1.807, 2.05) is 0 Å². The molecule has 0 aliphatic rings. The van der Waals surface area contributed by atoms with Crippen LogP contribution in [0.15, 0.2) is 12.2 Å². The van der Waals surface area contributed by atoms with Gasteiger partial charge in [-0.05, 0) is 51.4 Å². The predicted octanol–water partition coefficient (Wildman–Crippen LogP) is 22.8. The summed E-state index contributed by atoms with van der Waals surface area (Å²) >= 11 is 0. The van der Waals surface area contributed by atoms with Gasteiger partial charge in [-0.25, -0.2) is 0 Å². The number of carbonyl (C=O) groups is 2. The number of unbranched alkanes of at least 4 members (excludes halogenated alkanes) is 54. The van der Waals surface area contributed by atoms with E-state index in [4.69, 9.17) is 4.74 Å². The van der Waals surface area contributed by atoms with Crippen LogP contribution in [0.25, 0.3) is 0 Å². The van der Waals surface area contributed by atoms with Crippen molar-refractivity contribution >= 4 is 11.9 Å². The van der Waals surface area contributed by atoms with E-state index in [0.29, 0.717) is 25.9 Å². The summed E-state index contributed by atoms with van der Waals surface area (Å²) in [4.78, 5) is 24.6. The molecule has 0 saturated heterocycles. The second kappa shape index (κ2) is 67.1. The highest BCUT2D eigenvalue weighted by molar-refractivity contribution is 5.76. The number of ether oxygens (including phenoxy) is 1. The monoisotopic (exact) mass is 1090 g/mol. The summed E-state index contributed by atoms with van der Waals surface area (Å²) in [7, 11) is 0. The number of carbonyl (C=O) groups excluding carboxylic acids is 2. The van der Waals surface area contributed by atoms with Crippen LogP contribution in [0, 0.1) is 0 Å². The molecule has 3 N–H and O–H groups in total. The lowest BCUT2D eigenvalue weighted by Crippen LogP contribution is -2.45. The molecule has 0 spiro atoms. The Bertz CT molecular complexity index is 1160. The van der Waals surface area contributed by atoms with E-state index in [2.05, 4.69) is 31.3 Å². The van der Waals surface area contributed by atoms with Gasteiger partial charge in [-0.1, -0.05) is 353 Å². The van der Waals surface area contributed by atoms with Crippen LogP contribution in [0.5, 0.6) is 0 Å². The van der Waals surface area contributed by atoms with Crippen molar-refractivity contribution in [3.05, 3.63) is 12.2 Å². The molecule has 2 atom stereocenters. The van der Waals surface area contributed by atoms with Gasteiger partial charge in [0.15, 0.2) is 0 Å². The smallest absolute Gasteiger partial charge is 0.305 e. The molecule has 0 aliphatic carbocycles. The molecule has 6 nitrogen and oxygen atoms in total. The zero-order valence-corrected chi connectivity index (χ0v) is 52.5. The molecule has 1 amide bonds. The van der Waals surface area contributed by atoms with Crippen LogP contribution in [0.1, 0.15) is 406 Å². The average Bonchev–Trinajstić information content (AvgIpc) is 3.43. The second-order valence-electron chi connectivity index (χ2n) is 24.6. The fourth-order valence-corrected chi connectivity index (χ4v) is 11.4. The summed E-state index contributed by atoms with van der Waals surface area (Å²) in [6.07, 6.45) is 82.6. The van der Waals surface area contributed by atoms with Crippen LogP contribution in [0.2, 0.25) is 0 Å². The highest BCUT2D eigenvalue weighted by atomic mass is 16.5. The van der Waals surface area contributed by atoms with Crippen molar-refractivity contribution in [3.63, 3.8) is 0 Å². The van der Waals surface area contributed by atoms with Gasteiger partial charge in [0, 0.05) is 12.8 Å². The second-order valence-corrected chi connectivity index (χ2v) is 24.6. The largest absolute Gasteiger partial charge is 0.466 e. The van der Waals surface area contributed by atoms with Gasteiger partial charge in [0.05, 0.1) is 25.4 Å². The van der Waals surface area contributed by atoms with Crippen LogP contribution < -0.4 is 5.32 Å². The quantitative estimate of drug-likeness (QED) is 0.0320. The van der Waals surface area contributed by atoms with Gasteiger partial charge in [-0.15, -0.1) is 0 Å². The average molecular weight is 1090 g/mol. The van der Waals surface area contributed by atoms with E-state index in [0.717, 1.165) is 38.5 Å². The van der Waals surface area contributed by atoms with E-state index >= 15 is 0 Å². The molecule has 0 aliphatic heterocycles. The zero-order chi connectivity index (χ0) is 55.7. The first kappa shape index (κ1) is 75.6. The van der Waals surface area contributed by atoms with E-state index < -0.39 is 12.1 Å². The van der Waals surface area contributed by atoms with E-state index in [-0.39, 0.29) is 18.5 Å². The van der Waals surface area contributed by atoms with Gasteiger partial charge in [0.2, 0.25) is 5.91 Å². The number of rotatable bonds is 67. The van der Waals surface area contributed by atoms with Crippen molar-refractivity contribution in [2.45, 2.75) is 418 Å². The van der Waals surface area contributed by atoms with Crippen LogP contribution in [0.3, 0.4) is 0 Å². The van der Waals surface area contributed by atoms with Crippen LogP contribution in [-0.4, -0.2) is 47.4 Å². The van der Waals surface area contributed by atoms with Gasteiger partial charge in [0.1, 0.15) is 0 Å². The van der Waals surface area contributed by atoms with E-state index in [1.54, 1.807) is 0 Å². The lowest BCUT2D eigenvalue weighted by atomic mass is 10.0. The van der Waals surface area contributed by atoms with Crippen molar-refractivity contribution in [2.24, 2.45) is 0 Å². The van der Waals surface area contributed by atoms with Crippen molar-refractivity contribution in [2.75, 3.05) is 13.2 Å². The highest BCUT2D eigenvalue weighted by Crippen LogP contribution is 2.19. The van der Waals surface area contributed by atoms with Crippen LogP contribution >= 0.6 is 0 Å². The van der Waals surface area contributed by atoms with Crippen LogP contribution in [0.4, 0.5) is 0 Å². The van der Waals surface area contributed by atoms with E-state index in [1.165, 1.54) is 334 Å². The number of aliphatic hydroxyl groups is 2. The fourth-order valence-electron chi connectivity index (χ4n) is 11.4. The number of nitrogens with one attached hydrogen (secondary N) is 1. The maximum atomic E-state index is 12.5. The SMILES string of the molecule is CCCCCCCCCCCCCCCCCCCCC(=O)OCCCCCCCCCCCCCC/C=C\CCCCCCCCCCCCCCC(=O)NC(CO)C(O)CCCCCCCCCCCCCCCC. The molecule has 0 aromatic rings. The third-order valence-electron chi connectivity index (χ3n) is 16.8. The number of amides is 1.